The van der Waals surface area contributed by atoms with Crippen LogP contribution >= 0.6 is 8.58 Å². The summed E-state index contributed by atoms with van der Waals surface area (Å²) in [6, 6.07) is 13.2. The fourth-order valence-electron chi connectivity index (χ4n) is 2.53. The van der Waals surface area contributed by atoms with E-state index in [2.05, 4.69) is 26.8 Å². The molecule has 0 saturated heterocycles. The van der Waals surface area contributed by atoms with Gasteiger partial charge in [0.1, 0.15) is 11.6 Å². The van der Waals surface area contributed by atoms with Gasteiger partial charge in [0.2, 0.25) is 0 Å². The largest absolute Gasteiger partial charge is 0.467 e. The molecule has 0 radical (unpaired) electrons. The normalized spacial score (nSPS) is 14.1. The Labute approximate surface area is 139 Å². The average Bonchev–Trinajstić information content (AvgIpc) is 2.55. The number of hydrogen-bond acceptors (Lipinski definition) is 2. The molecule has 0 spiro atoms. The van der Waals surface area contributed by atoms with Gasteiger partial charge in [-0.05, 0) is 25.5 Å². The lowest BCUT2D eigenvalue weighted by atomic mass is 9.95. The molecule has 0 heterocycles. The molecular formula is C19H24FO2P. The minimum absolute atomic E-state index is 0.141. The number of rotatable bonds is 7. The number of halogens is 1. The van der Waals surface area contributed by atoms with Gasteiger partial charge in [-0.2, -0.15) is 0 Å². The van der Waals surface area contributed by atoms with Gasteiger partial charge in [-0.25, -0.2) is 4.39 Å². The van der Waals surface area contributed by atoms with E-state index in [0.29, 0.717) is 8.58 Å². The van der Waals surface area contributed by atoms with E-state index in [1.807, 2.05) is 24.3 Å². The number of methoxy groups -OCH3 is 1. The van der Waals surface area contributed by atoms with Crippen LogP contribution in [0.25, 0.3) is 0 Å². The maximum Gasteiger partial charge on any atom is 0.188 e. The minimum atomic E-state index is -0.183. The molecule has 2 unspecified atom stereocenters. The third-order valence-electron chi connectivity index (χ3n) is 4.05. The first-order valence-corrected chi connectivity index (χ1v) is 8.75. The van der Waals surface area contributed by atoms with Crippen molar-refractivity contribution in [2.45, 2.75) is 32.3 Å². The summed E-state index contributed by atoms with van der Waals surface area (Å²) in [5.74, 6) is 0.670. The highest BCUT2D eigenvalue weighted by atomic mass is 31.1. The number of aryl methyl sites for hydroxylation is 1. The zero-order valence-corrected chi connectivity index (χ0v) is 15.2. The van der Waals surface area contributed by atoms with E-state index >= 15 is 0 Å². The summed E-state index contributed by atoms with van der Waals surface area (Å²) in [4.78, 5) is 0. The molecular weight excluding hydrogens is 310 g/mol. The average molecular weight is 334 g/mol. The van der Waals surface area contributed by atoms with Gasteiger partial charge in [0.25, 0.3) is 0 Å². The topological polar surface area (TPSA) is 18.5 Å². The quantitative estimate of drug-likeness (QED) is 0.537. The summed E-state index contributed by atoms with van der Waals surface area (Å²) in [7, 11) is 1.93. The second-order valence-corrected chi connectivity index (χ2v) is 7.73. The van der Waals surface area contributed by atoms with E-state index in [1.165, 1.54) is 11.6 Å². The van der Waals surface area contributed by atoms with Crippen molar-refractivity contribution in [3.05, 3.63) is 59.4 Å². The van der Waals surface area contributed by atoms with Crippen molar-refractivity contribution in [3.8, 4) is 5.75 Å². The van der Waals surface area contributed by atoms with Crippen molar-refractivity contribution in [2.75, 3.05) is 13.9 Å². The summed E-state index contributed by atoms with van der Waals surface area (Å²) in [6.45, 7) is 6.58. The molecule has 124 valence electrons. The van der Waals surface area contributed by atoms with Gasteiger partial charge in [0.05, 0.1) is 0 Å². The number of hydrogen-bond donors (Lipinski definition) is 0. The van der Waals surface area contributed by atoms with E-state index in [4.69, 9.17) is 9.47 Å². The van der Waals surface area contributed by atoms with Crippen LogP contribution in [0.3, 0.4) is 0 Å². The van der Waals surface area contributed by atoms with E-state index in [0.717, 1.165) is 23.0 Å². The van der Waals surface area contributed by atoms with Crippen LogP contribution in [0.1, 0.15) is 31.4 Å². The lowest BCUT2D eigenvalue weighted by Crippen LogP contribution is -2.21. The molecule has 2 aromatic carbocycles. The Morgan fingerprint density at radius 1 is 1.17 bits per heavy atom. The van der Waals surface area contributed by atoms with Gasteiger partial charge >= 0.3 is 0 Å². The highest BCUT2D eigenvalue weighted by molar-refractivity contribution is 7.48. The van der Waals surface area contributed by atoms with E-state index in [1.54, 1.807) is 13.2 Å². The Bertz CT molecular complexity index is 660. The fraction of sp³-hybridized carbons (Fsp3) is 0.368. The molecule has 0 saturated carbocycles. The van der Waals surface area contributed by atoms with Crippen LogP contribution in [0.4, 0.5) is 4.39 Å². The second kappa shape index (κ2) is 7.90. The summed E-state index contributed by atoms with van der Waals surface area (Å²) in [5, 5.41) is 0.577. The molecule has 0 aliphatic rings. The highest BCUT2D eigenvalue weighted by Gasteiger charge is 2.29. The van der Waals surface area contributed by atoms with Gasteiger partial charge in [-0.3, -0.25) is 0 Å². The van der Waals surface area contributed by atoms with Crippen LogP contribution in [0, 0.1) is 12.7 Å². The van der Waals surface area contributed by atoms with Gasteiger partial charge in [-0.1, -0.05) is 58.3 Å². The lowest BCUT2D eigenvalue weighted by Gasteiger charge is -2.31. The first kappa shape index (κ1) is 17.9. The molecule has 0 amide bonds. The predicted octanol–water partition coefficient (Wildman–Crippen LogP) is 4.75. The van der Waals surface area contributed by atoms with Crippen LogP contribution in [-0.4, -0.2) is 13.9 Å². The molecule has 2 nitrogen and oxygen atoms in total. The molecule has 2 aromatic rings. The van der Waals surface area contributed by atoms with E-state index < -0.39 is 0 Å². The molecule has 0 bridgehead atoms. The highest BCUT2D eigenvalue weighted by Crippen LogP contribution is 2.47. The summed E-state index contributed by atoms with van der Waals surface area (Å²) >= 11 is 0. The minimum Gasteiger partial charge on any atom is -0.467 e. The molecule has 0 aliphatic carbocycles. The maximum absolute atomic E-state index is 14.1. The monoisotopic (exact) mass is 334 g/mol. The number of ether oxygens (including phenoxy) is 2. The predicted molar refractivity (Wildman–Crippen MR) is 95.7 cm³/mol. The maximum atomic E-state index is 14.1. The molecule has 0 N–H and O–H groups in total. The zero-order chi connectivity index (χ0) is 16.9. The molecule has 4 heteroatoms. The Morgan fingerprint density at radius 3 is 2.57 bits per heavy atom. The van der Waals surface area contributed by atoms with Gasteiger partial charge in [0.15, 0.2) is 6.79 Å². The summed E-state index contributed by atoms with van der Waals surface area (Å²) in [5.41, 5.74) is 2.28. The van der Waals surface area contributed by atoms with Crippen LogP contribution in [-0.2, 0) is 9.89 Å². The zero-order valence-electron chi connectivity index (χ0n) is 14.2. The summed E-state index contributed by atoms with van der Waals surface area (Å²) in [6.07, 6.45) is 0.895. The van der Waals surface area contributed by atoms with Gasteiger partial charge in [-0.15, -0.1) is 0 Å². The number of benzene rings is 2. The Balaban J connectivity index is 2.42. The summed E-state index contributed by atoms with van der Waals surface area (Å²) < 4.78 is 24.9. The Morgan fingerprint density at radius 2 is 1.91 bits per heavy atom. The SMILES string of the molecule is CCC(C)(Pc1ccccc1F)c1cc(C)ccc1OCOC. The van der Waals surface area contributed by atoms with E-state index in [-0.39, 0.29) is 17.8 Å². The second-order valence-electron chi connectivity index (χ2n) is 5.84. The molecule has 0 aromatic heterocycles. The molecule has 0 aliphatic heterocycles. The van der Waals surface area contributed by atoms with E-state index in [9.17, 15) is 4.39 Å². The first-order valence-electron chi connectivity index (χ1n) is 7.75. The van der Waals surface area contributed by atoms with Crippen LogP contribution in [0.15, 0.2) is 42.5 Å². The standard InChI is InChI=1S/C19H24FO2P/c1-5-19(3,23-18-9-7-6-8-16(18)20)15-12-14(2)10-11-17(15)22-13-21-4/h6-12,23H,5,13H2,1-4H3. The first-order chi connectivity index (χ1) is 11.0. The van der Waals surface area contributed by atoms with Crippen molar-refractivity contribution in [2.24, 2.45) is 0 Å². The lowest BCUT2D eigenvalue weighted by molar-refractivity contribution is 0.0500. The van der Waals surface area contributed by atoms with Crippen LogP contribution < -0.4 is 10.0 Å². The van der Waals surface area contributed by atoms with Gasteiger partial charge < -0.3 is 9.47 Å². The molecule has 2 atom stereocenters. The smallest absolute Gasteiger partial charge is 0.188 e. The van der Waals surface area contributed by atoms with Gasteiger partial charge in [0, 0.05) is 23.1 Å². The molecule has 2 rings (SSSR count). The molecule has 23 heavy (non-hydrogen) atoms. The van der Waals surface area contributed by atoms with Crippen LogP contribution in [0.2, 0.25) is 0 Å². The Kier molecular flexibility index (Phi) is 6.15. The third kappa shape index (κ3) is 4.31. The van der Waals surface area contributed by atoms with Crippen molar-refractivity contribution in [1.82, 2.24) is 0 Å². The van der Waals surface area contributed by atoms with Crippen molar-refractivity contribution >= 4 is 13.9 Å². The van der Waals surface area contributed by atoms with Crippen molar-refractivity contribution in [3.63, 3.8) is 0 Å². The van der Waals surface area contributed by atoms with Crippen molar-refractivity contribution < 1.29 is 13.9 Å². The third-order valence-corrected chi connectivity index (χ3v) is 5.90. The molecule has 0 fully saturated rings. The fourth-order valence-corrected chi connectivity index (χ4v) is 4.01. The Hall–Kier alpha value is -1.44. The van der Waals surface area contributed by atoms with Crippen molar-refractivity contribution in [1.29, 1.82) is 0 Å². The van der Waals surface area contributed by atoms with Crippen LogP contribution in [0.5, 0.6) is 5.75 Å².